The molecule has 0 N–H and O–H groups in total. The Hall–Kier alpha value is -2.30. The van der Waals surface area contributed by atoms with E-state index in [0.717, 1.165) is 42.7 Å². The summed E-state index contributed by atoms with van der Waals surface area (Å²) >= 11 is 0. The van der Waals surface area contributed by atoms with Crippen molar-refractivity contribution >= 4 is 30.3 Å². The van der Waals surface area contributed by atoms with Crippen LogP contribution < -0.4 is 9.64 Å². The van der Waals surface area contributed by atoms with Gasteiger partial charge in [0.15, 0.2) is 0 Å². The maximum Gasteiger partial charge on any atom is 0.376 e. The zero-order valence-electron chi connectivity index (χ0n) is 22.3. The number of anilines is 1. The van der Waals surface area contributed by atoms with Crippen molar-refractivity contribution in [1.29, 1.82) is 0 Å². The summed E-state index contributed by atoms with van der Waals surface area (Å²) in [5, 5.41) is -1.09. The van der Waals surface area contributed by atoms with Gasteiger partial charge in [-0.05, 0) is 51.7 Å². The number of fused-ring (bicyclic) bond motifs is 1. The Labute approximate surface area is 218 Å². The monoisotopic (exact) mass is 539 g/mol. The Bertz CT molecular complexity index is 1070. The molecule has 2 aromatic rings. The van der Waals surface area contributed by atoms with Crippen molar-refractivity contribution in [2.24, 2.45) is 5.92 Å². The van der Waals surface area contributed by atoms with E-state index in [0.29, 0.717) is 5.75 Å². The lowest BCUT2D eigenvalue weighted by Crippen LogP contribution is -2.49. The first kappa shape index (κ1) is 29.3. The summed E-state index contributed by atoms with van der Waals surface area (Å²) in [4.78, 5) is 24.3. The van der Waals surface area contributed by atoms with E-state index in [4.69, 9.17) is 28.0 Å². The zero-order chi connectivity index (χ0) is 26.9. The van der Waals surface area contributed by atoms with E-state index in [1.807, 2.05) is 18.2 Å². The fraction of sp³-hybridized carbons (Fsp3) is 0.640. The molecule has 1 fully saturated rings. The summed E-state index contributed by atoms with van der Waals surface area (Å²) in [5.41, 5.74) is 0.766. The number of hydrogen-bond donors (Lipinski definition) is 0. The van der Waals surface area contributed by atoms with Gasteiger partial charge in [-0.3, -0.25) is 4.57 Å². The molecule has 1 unspecified atom stereocenters. The zero-order valence-corrected chi connectivity index (χ0v) is 23.2. The van der Waals surface area contributed by atoms with Gasteiger partial charge in [-0.15, -0.1) is 0 Å². The number of carbonyl (C=O) groups excluding carboxylic acids is 1. The number of aromatic nitrogens is 2. The number of methoxy groups -OCH3 is 2. The van der Waals surface area contributed by atoms with Crippen molar-refractivity contribution < 1.29 is 37.4 Å². The van der Waals surface area contributed by atoms with Crippen LogP contribution in [0.15, 0.2) is 24.5 Å². The first-order chi connectivity index (χ1) is 17.9. The second kappa shape index (κ2) is 13.5. The molecule has 1 aliphatic rings. The molecule has 0 saturated carbocycles. The largest absolute Gasteiger partial charge is 0.494 e. The van der Waals surface area contributed by atoms with Crippen molar-refractivity contribution in [3.63, 3.8) is 0 Å². The van der Waals surface area contributed by atoms with Gasteiger partial charge in [0, 0.05) is 25.6 Å². The highest BCUT2D eigenvalue weighted by atomic mass is 31.2. The second-order valence-corrected chi connectivity index (χ2v) is 10.8. The molecular weight excluding hydrogens is 501 g/mol. The molecule has 12 heteroatoms. The molecule has 0 spiro atoms. The van der Waals surface area contributed by atoms with Crippen molar-refractivity contribution in [2.45, 2.75) is 39.0 Å². The van der Waals surface area contributed by atoms with Crippen LogP contribution in [0.3, 0.4) is 0 Å². The number of ether oxygens (including phenoxy) is 4. The van der Waals surface area contributed by atoms with Crippen LogP contribution in [0.2, 0.25) is 0 Å². The SMILES string of the molecule is CCOC(=O)C(COC)(OCC1CCN(c2ncnc3c(OC)cccc23)CC1)P(=O)(OCC)OCC. The van der Waals surface area contributed by atoms with E-state index in [1.165, 1.54) is 7.11 Å². The van der Waals surface area contributed by atoms with Gasteiger partial charge in [0.2, 0.25) is 0 Å². The normalized spacial score (nSPS) is 16.5. The van der Waals surface area contributed by atoms with Gasteiger partial charge in [0.25, 0.3) is 5.34 Å². The standard InChI is InChI=1S/C25H38N3O8P/c1-6-33-24(29)25(17-31-4,37(30,35-7-2)36-8-3)34-16-19-12-14-28(15-13-19)23-20-10-9-11-21(32-5)22(20)26-18-27-23/h9-11,18-19H,6-8,12-17H2,1-5H3. The van der Waals surface area contributed by atoms with Gasteiger partial charge in [0.05, 0.1) is 40.1 Å². The van der Waals surface area contributed by atoms with Crippen LogP contribution in [-0.2, 0) is 32.6 Å². The van der Waals surface area contributed by atoms with Gasteiger partial charge < -0.3 is 32.9 Å². The first-order valence-corrected chi connectivity index (χ1v) is 14.2. The molecule has 3 rings (SSSR count). The van der Waals surface area contributed by atoms with Crippen LogP contribution in [-0.4, -0.2) is 81.6 Å². The summed E-state index contributed by atoms with van der Waals surface area (Å²) in [6.45, 7) is 6.54. The van der Waals surface area contributed by atoms with Crippen molar-refractivity contribution in [3.8, 4) is 5.75 Å². The van der Waals surface area contributed by atoms with Gasteiger partial charge in [-0.2, -0.15) is 0 Å². The highest BCUT2D eigenvalue weighted by molar-refractivity contribution is 7.56. The van der Waals surface area contributed by atoms with E-state index in [1.54, 1.807) is 34.2 Å². The number of benzene rings is 1. The quantitative estimate of drug-likeness (QED) is 0.256. The second-order valence-electron chi connectivity index (χ2n) is 8.57. The summed E-state index contributed by atoms with van der Waals surface area (Å²) < 4.78 is 47.1. The van der Waals surface area contributed by atoms with E-state index in [9.17, 15) is 9.36 Å². The van der Waals surface area contributed by atoms with Crippen LogP contribution in [0.25, 0.3) is 10.9 Å². The number of piperidine rings is 1. The minimum atomic E-state index is -4.09. The number of hydrogen-bond acceptors (Lipinski definition) is 11. The Morgan fingerprint density at radius 3 is 2.38 bits per heavy atom. The van der Waals surface area contributed by atoms with Crippen LogP contribution in [0.5, 0.6) is 5.75 Å². The lowest BCUT2D eigenvalue weighted by Gasteiger charge is -2.38. The predicted molar refractivity (Wildman–Crippen MR) is 139 cm³/mol. The maximum absolute atomic E-state index is 13.8. The molecule has 11 nitrogen and oxygen atoms in total. The van der Waals surface area contributed by atoms with E-state index < -0.39 is 18.9 Å². The highest BCUT2D eigenvalue weighted by Gasteiger charge is 2.60. The Balaban J connectivity index is 1.77. The number of rotatable bonds is 14. The molecule has 1 atom stereocenters. The molecular formula is C25H38N3O8P. The lowest BCUT2D eigenvalue weighted by molar-refractivity contribution is -0.170. The molecule has 37 heavy (non-hydrogen) atoms. The number of para-hydroxylation sites is 1. The fourth-order valence-electron chi connectivity index (χ4n) is 4.49. The average molecular weight is 540 g/mol. The van der Waals surface area contributed by atoms with Crippen LogP contribution >= 0.6 is 7.60 Å². The smallest absolute Gasteiger partial charge is 0.376 e. The Morgan fingerprint density at radius 1 is 1.08 bits per heavy atom. The molecule has 0 amide bonds. The molecule has 0 radical (unpaired) electrons. The molecule has 1 aromatic carbocycles. The van der Waals surface area contributed by atoms with Crippen LogP contribution in [0.4, 0.5) is 5.82 Å². The summed E-state index contributed by atoms with van der Waals surface area (Å²) in [6.07, 6.45) is 3.09. The number of nitrogens with zero attached hydrogens (tertiary/aromatic N) is 3. The first-order valence-electron chi connectivity index (χ1n) is 12.6. The molecule has 2 heterocycles. The van der Waals surface area contributed by atoms with Gasteiger partial charge >= 0.3 is 13.6 Å². The minimum Gasteiger partial charge on any atom is -0.494 e. The molecule has 1 saturated heterocycles. The number of esters is 1. The van der Waals surface area contributed by atoms with Crippen molar-refractivity contribution in [1.82, 2.24) is 9.97 Å². The molecule has 1 aromatic heterocycles. The third-order valence-electron chi connectivity index (χ3n) is 6.27. The van der Waals surface area contributed by atoms with E-state index in [-0.39, 0.29) is 39.0 Å². The average Bonchev–Trinajstić information content (AvgIpc) is 2.91. The summed E-state index contributed by atoms with van der Waals surface area (Å²) in [5.74, 6) is 0.828. The maximum atomic E-state index is 13.8. The highest BCUT2D eigenvalue weighted by Crippen LogP contribution is 2.61. The van der Waals surface area contributed by atoms with Crippen LogP contribution in [0.1, 0.15) is 33.6 Å². The van der Waals surface area contributed by atoms with E-state index in [2.05, 4.69) is 14.9 Å². The Morgan fingerprint density at radius 2 is 1.78 bits per heavy atom. The third kappa shape index (κ3) is 6.23. The minimum absolute atomic E-state index is 0.0710. The van der Waals surface area contributed by atoms with Gasteiger partial charge in [-0.1, -0.05) is 6.07 Å². The molecule has 0 aliphatic carbocycles. The predicted octanol–water partition coefficient (Wildman–Crippen LogP) is 4.04. The Kier molecular flexibility index (Phi) is 10.7. The van der Waals surface area contributed by atoms with Crippen molar-refractivity contribution in [3.05, 3.63) is 24.5 Å². The van der Waals surface area contributed by atoms with E-state index >= 15 is 0 Å². The van der Waals surface area contributed by atoms with Gasteiger partial charge in [0.1, 0.15) is 23.4 Å². The third-order valence-corrected chi connectivity index (χ3v) is 8.80. The molecule has 1 aliphatic heterocycles. The van der Waals surface area contributed by atoms with Crippen LogP contribution in [0, 0.1) is 5.92 Å². The molecule has 0 bridgehead atoms. The summed E-state index contributed by atoms with van der Waals surface area (Å²) in [7, 11) is -1.06. The topological polar surface area (TPSA) is 119 Å². The number of carbonyl (C=O) groups is 1. The summed E-state index contributed by atoms with van der Waals surface area (Å²) in [6, 6.07) is 5.79. The van der Waals surface area contributed by atoms with Crippen molar-refractivity contribution in [2.75, 3.05) is 65.2 Å². The fourth-order valence-corrected chi connectivity index (χ4v) is 6.46. The lowest BCUT2D eigenvalue weighted by atomic mass is 9.97. The van der Waals surface area contributed by atoms with Gasteiger partial charge in [-0.25, -0.2) is 14.8 Å². The molecule has 206 valence electrons.